The molecule has 1 aliphatic heterocycles. The van der Waals surface area contributed by atoms with Crippen LogP contribution in [0.4, 0.5) is 0 Å². The molecule has 2 nitrogen and oxygen atoms in total. The fourth-order valence-corrected chi connectivity index (χ4v) is 3.53. The second kappa shape index (κ2) is 6.69. The Bertz CT molecular complexity index is 334. The van der Waals surface area contributed by atoms with Gasteiger partial charge in [-0.1, -0.05) is 0 Å². The fraction of sp³-hybridized carbons (Fsp3) is 0.733. The summed E-state index contributed by atoms with van der Waals surface area (Å²) in [4.78, 5) is 2.61. The van der Waals surface area contributed by atoms with Crippen LogP contribution in [0.25, 0.3) is 0 Å². The van der Waals surface area contributed by atoms with E-state index in [0.29, 0.717) is 18.1 Å². The second-order valence-electron chi connectivity index (χ2n) is 5.70. The zero-order valence-corrected chi connectivity index (χ0v) is 12.7. The Morgan fingerprint density at radius 3 is 2.78 bits per heavy atom. The van der Waals surface area contributed by atoms with Crippen LogP contribution < -0.4 is 5.32 Å². The van der Waals surface area contributed by atoms with E-state index in [-0.39, 0.29) is 0 Å². The van der Waals surface area contributed by atoms with E-state index in [0.717, 1.165) is 0 Å². The molecule has 1 aromatic rings. The first-order valence-electron chi connectivity index (χ1n) is 7.19. The van der Waals surface area contributed by atoms with E-state index >= 15 is 0 Å². The van der Waals surface area contributed by atoms with Gasteiger partial charge in [-0.3, -0.25) is 0 Å². The van der Waals surface area contributed by atoms with Gasteiger partial charge >= 0.3 is 0 Å². The molecule has 2 heterocycles. The van der Waals surface area contributed by atoms with Gasteiger partial charge in [-0.15, -0.1) is 0 Å². The maximum atomic E-state index is 3.80. The predicted molar refractivity (Wildman–Crippen MR) is 80.2 cm³/mol. The van der Waals surface area contributed by atoms with Crippen molar-refractivity contribution in [2.24, 2.45) is 0 Å². The molecule has 2 unspecified atom stereocenters. The molecule has 0 saturated carbocycles. The SMILES string of the molecule is CC(NC1CCCN(C(C)C)CC1)c1ccsc1. The van der Waals surface area contributed by atoms with Crippen LogP contribution in [0.15, 0.2) is 16.8 Å². The number of nitrogens with zero attached hydrogens (tertiary/aromatic N) is 1. The van der Waals surface area contributed by atoms with E-state index in [9.17, 15) is 0 Å². The molecule has 0 amide bonds. The summed E-state index contributed by atoms with van der Waals surface area (Å²) in [5, 5.41) is 8.23. The highest BCUT2D eigenvalue weighted by molar-refractivity contribution is 7.07. The first kappa shape index (κ1) is 14.0. The van der Waals surface area contributed by atoms with Crippen molar-refractivity contribution in [1.29, 1.82) is 0 Å². The lowest BCUT2D eigenvalue weighted by Crippen LogP contribution is -2.34. The van der Waals surface area contributed by atoms with Gasteiger partial charge in [0.1, 0.15) is 0 Å². The van der Waals surface area contributed by atoms with Crippen LogP contribution in [0.5, 0.6) is 0 Å². The van der Waals surface area contributed by atoms with Crippen LogP contribution >= 0.6 is 11.3 Å². The molecule has 1 aliphatic rings. The Labute approximate surface area is 115 Å². The van der Waals surface area contributed by atoms with Crippen LogP contribution in [0.2, 0.25) is 0 Å². The molecule has 1 fully saturated rings. The second-order valence-corrected chi connectivity index (χ2v) is 6.48. The van der Waals surface area contributed by atoms with Gasteiger partial charge in [0.05, 0.1) is 0 Å². The summed E-state index contributed by atoms with van der Waals surface area (Å²) >= 11 is 1.79. The largest absolute Gasteiger partial charge is 0.307 e. The van der Waals surface area contributed by atoms with Crippen LogP contribution in [-0.4, -0.2) is 30.1 Å². The highest BCUT2D eigenvalue weighted by atomic mass is 32.1. The molecule has 18 heavy (non-hydrogen) atoms. The van der Waals surface area contributed by atoms with Gasteiger partial charge in [-0.2, -0.15) is 11.3 Å². The lowest BCUT2D eigenvalue weighted by molar-refractivity contribution is 0.228. The molecule has 0 spiro atoms. The Morgan fingerprint density at radius 1 is 1.28 bits per heavy atom. The van der Waals surface area contributed by atoms with Crippen molar-refractivity contribution < 1.29 is 0 Å². The minimum absolute atomic E-state index is 0.492. The third-order valence-corrected chi connectivity index (χ3v) is 4.72. The summed E-state index contributed by atoms with van der Waals surface area (Å²) in [5.74, 6) is 0. The Balaban J connectivity index is 1.83. The van der Waals surface area contributed by atoms with Gasteiger partial charge in [0, 0.05) is 18.1 Å². The molecular weight excluding hydrogens is 240 g/mol. The number of rotatable bonds is 4. The third kappa shape index (κ3) is 3.81. The molecule has 3 heteroatoms. The molecular formula is C15H26N2S. The van der Waals surface area contributed by atoms with Gasteiger partial charge in [-0.05, 0) is 75.5 Å². The van der Waals surface area contributed by atoms with Crippen molar-refractivity contribution in [2.75, 3.05) is 13.1 Å². The Kier molecular flexibility index (Phi) is 5.22. The van der Waals surface area contributed by atoms with Gasteiger partial charge in [-0.25, -0.2) is 0 Å². The topological polar surface area (TPSA) is 15.3 Å². The van der Waals surface area contributed by atoms with Crippen molar-refractivity contribution in [3.8, 4) is 0 Å². The molecule has 2 rings (SSSR count). The zero-order valence-electron chi connectivity index (χ0n) is 11.9. The number of nitrogens with one attached hydrogen (secondary N) is 1. The maximum absolute atomic E-state index is 3.80. The first-order valence-corrected chi connectivity index (χ1v) is 8.13. The summed E-state index contributed by atoms with van der Waals surface area (Å²) in [6.45, 7) is 9.41. The minimum atomic E-state index is 0.492. The fourth-order valence-electron chi connectivity index (χ4n) is 2.77. The molecule has 2 atom stereocenters. The summed E-state index contributed by atoms with van der Waals surface area (Å²) in [5.41, 5.74) is 1.44. The third-order valence-electron chi connectivity index (χ3n) is 4.02. The van der Waals surface area contributed by atoms with Crippen molar-refractivity contribution in [3.05, 3.63) is 22.4 Å². The molecule has 0 bridgehead atoms. The smallest absolute Gasteiger partial charge is 0.0302 e. The van der Waals surface area contributed by atoms with Crippen LogP contribution in [0, 0.1) is 0 Å². The number of hydrogen-bond donors (Lipinski definition) is 1. The van der Waals surface area contributed by atoms with E-state index < -0.39 is 0 Å². The molecule has 0 radical (unpaired) electrons. The highest BCUT2D eigenvalue weighted by Crippen LogP contribution is 2.20. The monoisotopic (exact) mass is 266 g/mol. The van der Waals surface area contributed by atoms with E-state index in [1.807, 2.05) is 0 Å². The average molecular weight is 266 g/mol. The standard InChI is InChI=1S/C15H26N2S/c1-12(2)17-8-4-5-15(6-9-17)16-13(3)14-7-10-18-11-14/h7,10-13,15-16H,4-6,8-9H2,1-3H3. The number of hydrogen-bond acceptors (Lipinski definition) is 3. The van der Waals surface area contributed by atoms with Gasteiger partial charge in [0.2, 0.25) is 0 Å². The molecule has 1 N–H and O–H groups in total. The van der Waals surface area contributed by atoms with Gasteiger partial charge in [0.25, 0.3) is 0 Å². The van der Waals surface area contributed by atoms with E-state index in [4.69, 9.17) is 0 Å². The lowest BCUT2D eigenvalue weighted by atomic mass is 10.1. The van der Waals surface area contributed by atoms with Crippen molar-refractivity contribution >= 4 is 11.3 Å². The molecule has 0 aliphatic carbocycles. The number of thiophene rings is 1. The van der Waals surface area contributed by atoms with Crippen molar-refractivity contribution in [3.63, 3.8) is 0 Å². The maximum Gasteiger partial charge on any atom is 0.0302 e. The normalized spacial score (nSPS) is 24.1. The first-order chi connectivity index (χ1) is 8.66. The summed E-state index contributed by atoms with van der Waals surface area (Å²) in [7, 11) is 0. The van der Waals surface area contributed by atoms with Crippen LogP contribution in [0.1, 0.15) is 51.6 Å². The number of likely N-dealkylation sites (tertiary alicyclic amines) is 1. The molecule has 0 aromatic carbocycles. The van der Waals surface area contributed by atoms with E-state index in [1.165, 1.54) is 37.9 Å². The quantitative estimate of drug-likeness (QED) is 0.894. The molecule has 102 valence electrons. The van der Waals surface area contributed by atoms with Crippen molar-refractivity contribution in [2.45, 2.75) is 58.2 Å². The summed E-state index contributed by atoms with van der Waals surface area (Å²) < 4.78 is 0. The average Bonchev–Trinajstić information content (AvgIpc) is 2.77. The van der Waals surface area contributed by atoms with E-state index in [2.05, 4.69) is 47.8 Å². The minimum Gasteiger partial charge on any atom is -0.307 e. The predicted octanol–water partition coefficient (Wildman–Crippen LogP) is 3.66. The van der Waals surface area contributed by atoms with Crippen LogP contribution in [0.3, 0.4) is 0 Å². The highest BCUT2D eigenvalue weighted by Gasteiger charge is 2.20. The van der Waals surface area contributed by atoms with Crippen LogP contribution in [-0.2, 0) is 0 Å². The molecule has 1 saturated heterocycles. The van der Waals surface area contributed by atoms with Crippen molar-refractivity contribution in [1.82, 2.24) is 10.2 Å². The Morgan fingerprint density at radius 2 is 2.11 bits per heavy atom. The van der Waals surface area contributed by atoms with Gasteiger partial charge in [0.15, 0.2) is 0 Å². The zero-order chi connectivity index (χ0) is 13.0. The summed E-state index contributed by atoms with van der Waals surface area (Å²) in [6, 6.07) is 4.10. The van der Waals surface area contributed by atoms with Gasteiger partial charge < -0.3 is 10.2 Å². The Hall–Kier alpha value is -0.380. The molecule has 1 aromatic heterocycles. The van der Waals surface area contributed by atoms with E-state index in [1.54, 1.807) is 11.3 Å². The lowest BCUT2D eigenvalue weighted by Gasteiger charge is -2.25. The summed E-state index contributed by atoms with van der Waals surface area (Å²) in [6.07, 6.45) is 3.93.